The fourth-order valence-electron chi connectivity index (χ4n) is 1.84. The lowest BCUT2D eigenvalue weighted by molar-refractivity contribution is 0.0636. The van der Waals surface area contributed by atoms with Gasteiger partial charge in [-0.2, -0.15) is 0 Å². The maximum Gasteiger partial charge on any atom is 0.412 e. The summed E-state index contributed by atoms with van der Waals surface area (Å²) in [4.78, 5) is 11.8. The van der Waals surface area contributed by atoms with Gasteiger partial charge in [0.1, 0.15) is 13.4 Å². The third-order valence-electron chi connectivity index (χ3n) is 2.59. The molecule has 4 heteroatoms. The number of hydrogen-bond acceptors (Lipinski definition) is 2. The minimum atomic E-state index is -0.520. The Morgan fingerprint density at radius 2 is 1.74 bits per heavy atom. The van der Waals surface area contributed by atoms with Crippen LogP contribution in [0.3, 0.4) is 0 Å². The van der Waals surface area contributed by atoms with Gasteiger partial charge in [0.05, 0.1) is 5.69 Å². The molecule has 0 aliphatic heterocycles. The summed E-state index contributed by atoms with van der Waals surface area (Å²) in [5, 5.41) is 4.56. The highest BCUT2D eigenvalue weighted by molar-refractivity contribution is 6.39. The molecule has 2 rings (SSSR count). The van der Waals surface area contributed by atoms with Gasteiger partial charge in [0.25, 0.3) is 0 Å². The van der Waals surface area contributed by atoms with Crippen molar-refractivity contribution >= 4 is 35.9 Å². The van der Waals surface area contributed by atoms with E-state index in [1.54, 1.807) is 12.1 Å². The van der Waals surface area contributed by atoms with Crippen LogP contribution in [-0.4, -0.2) is 19.5 Å². The summed E-state index contributed by atoms with van der Waals surface area (Å²) < 4.78 is 5.24. The van der Waals surface area contributed by atoms with Crippen LogP contribution in [-0.2, 0) is 4.74 Å². The SMILES string of the molecule is [B]c1ccc(NC(=O)OC(C)(C)C)c2ccccc12. The molecule has 0 aliphatic rings. The number of carbonyl (C=O) groups excluding carboxylic acids is 1. The zero-order chi connectivity index (χ0) is 14.0. The summed E-state index contributed by atoms with van der Waals surface area (Å²) in [6.07, 6.45) is -0.470. The summed E-state index contributed by atoms with van der Waals surface area (Å²) in [5.74, 6) is 0. The molecule has 0 atom stereocenters. The molecule has 0 saturated heterocycles. The van der Waals surface area contributed by atoms with E-state index in [1.807, 2.05) is 45.0 Å². The molecule has 1 amide bonds. The smallest absolute Gasteiger partial charge is 0.412 e. The van der Waals surface area contributed by atoms with Gasteiger partial charge in [-0.1, -0.05) is 35.8 Å². The number of fused-ring (bicyclic) bond motifs is 1. The van der Waals surface area contributed by atoms with Crippen molar-refractivity contribution in [2.24, 2.45) is 0 Å². The van der Waals surface area contributed by atoms with Crippen LogP contribution in [0, 0.1) is 0 Å². The van der Waals surface area contributed by atoms with E-state index in [4.69, 9.17) is 12.6 Å². The molecule has 0 spiro atoms. The third kappa shape index (κ3) is 3.28. The van der Waals surface area contributed by atoms with E-state index in [0.29, 0.717) is 11.2 Å². The van der Waals surface area contributed by atoms with Gasteiger partial charge in [0.15, 0.2) is 0 Å². The maximum absolute atomic E-state index is 11.8. The Kier molecular flexibility index (Phi) is 3.51. The lowest BCUT2D eigenvalue weighted by Crippen LogP contribution is -2.27. The minimum Gasteiger partial charge on any atom is -0.444 e. The quantitative estimate of drug-likeness (QED) is 0.793. The molecule has 0 aromatic heterocycles. The first kappa shape index (κ1) is 13.5. The number of amides is 1. The van der Waals surface area contributed by atoms with Crippen molar-refractivity contribution in [2.75, 3.05) is 5.32 Å². The first-order chi connectivity index (χ1) is 8.87. The predicted molar refractivity (Wildman–Crippen MR) is 79.2 cm³/mol. The molecule has 2 radical (unpaired) electrons. The molecule has 2 aromatic rings. The highest BCUT2D eigenvalue weighted by Crippen LogP contribution is 2.22. The van der Waals surface area contributed by atoms with Crippen molar-refractivity contribution in [3.63, 3.8) is 0 Å². The molecule has 0 saturated carbocycles. The molecule has 0 bridgehead atoms. The van der Waals surface area contributed by atoms with Crippen LogP contribution in [0.4, 0.5) is 10.5 Å². The van der Waals surface area contributed by atoms with Crippen LogP contribution >= 0.6 is 0 Å². The number of hydrogen-bond donors (Lipinski definition) is 1. The molecule has 0 unspecified atom stereocenters. The van der Waals surface area contributed by atoms with Crippen molar-refractivity contribution in [3.8, 4) is 0 Å². The van der Waals surface area contributed by atoms with Gasteiger partial charge in [-0.15, -0.1) is 0 Å². The average Bonchev–Trinajstić information content (AvgIpc) is 2.31. The lowest BCUT2D eigenvalue weighted by atomic mass is 9.89. The first-order valence-corrected chi connectivity index (χ1v) is 6.14. The summed E-state index contributed by atoms with van der Waals surface area (Å²) in [6.45, 7) is 5.48. The van der Waals surface area contributed by atoms with Crippen molar-refractivity contribution in [2.45, 2.75) is 26.4 Å². The highest BCUT2D eigenvalue weighted by atomic mass is 16.6. The Labute approximate surface area is 114 Å². The minimum absolute atomic E-state index is 0.470. The van der Waals surface area contributed by atoms with Crippen LogP contribution in [0.5, 0.6) is 0 Å². The normalized spacial score (nSPS) is 11.3. The Bertz CT molecular complexity index is 617. The summed E-state index contributed by atoms with van der Waals surface area (Å²) in [6, 6.07) is 11.2. The summed E-state index contributed by atoms with van der Waals surface area (Å²) >= 11 is 0. The fraction of sp³-hybridized carbons (Fsp3) is 0.267. The van der Waals surface area contributed by atoms with Gasteiger partial charge in [-0.3, -0.25) is 5.32 Å². The van der Waals surface area contributed by atoms with Crippen molar-refractivity contribution in [1.82, 2.24) is 0 Å². The van der Waals surface area contributed by atoms with Gasteiger partial charge < -0.3 is 4.74 Å². The van der Waals surface area contributed by atoms with Gasteiger partial charge in [0.2, 0.25) is 0 Å². The molecule has 0 heterocycles. The molecule has 3 nitrogen and oxygen atoms in total. The van der Waals surface area contributed by atoms with Gasteiger partial charge in [0, 0.05) is 5.39 Å². The second kappa shape index (κ2) is 4.96. The van der Waals surface area contributed by atoms with Crippen LogP contribution < -0.4 is 10.8 Å². The zero-order valence-electron chi connectivity index (χ0n) is 11.4. The second-order valence-electron chi connectivity index (χ2n) is 5.37. The van der Waals surface area contributed by atoms with Crippen LogP contribution in [0.25, 0.3) is 10.8 Å². The van der Waals surface area contributed by atoms with Gasteiger partial charge >= 0.3 is 6.09 Å². The Morgan fingerprint density at radius 3 is 2.37 bits per heavy atom. The Balaban J connectivity index is 2.31. The number of anilines is 1. The van der Waals surface area contributed by atoms with Crippen molar-refractivity contribution < 1.29 is 9.53 Å². The van der Waals surface area contributed by atoms with E-state index in [0.717, 1.165) is 10.8 Å². The molecule has 1 N–H and O–H groups in total. The van der Waals surface area contributed by atoms with Crippen molar-refractivity contribution in [3.05, 3.63) is 36.4 Å². The third-order valence-corrected chi connectivity index (χ3v) is 2.59. The van der Waals surface area contributed by atoms with E-state index < -0.39 is 11.7 Å². The Morgan fingerprint density at radius 1 is 1.11 bits per heavy atom. The summed E-state index contributed by atoms with van der Waals surface area (Å²) in [5.41, 5.74) is 0.859. The molecular weight excluding hydrogens is 237 g/mol. The Hall–Kier alpha value is -1.97. The topological polar surface area (TPSA) is 38.3 Å². The number of benzene rings is 2. The monoisotopic (exact) mass is 253 g/mol. The molecule has 96 valence electrons. The maximum atomic E-state index is 11.8. The standard InChI is InChI=1S/C15H16BNO2/c1-15(2,3)19-14(18)17-13-9-8-12(16)10-6-4-5-7-11(10)13/h4-9H,1-3H3,(H,17,18). The van der Waals surface area contributed by atoms with Gasteiger partial charge in [-0.05, 0) is 32.2 Å². The molecule has 19 heavy (non-hydrogen) atoms. The highest BCUT2D eigenvalue weighted by Gasteiger charge is 2.16. The number of nitrogens with one attached hydrogen (secondary N) is 1. The molecular formula is C15H16BNO2. The lowest BCUT2D eigenvalue weighted by Gasteiger charge is -2.20. The van der Waals surface area contributed by atoms with E-state index in [-0.39, 0.29) is 0 Å². The van der Waals surface area contributed by atoms with Gasteiger partial charge in [-0.25, -0.2) is 4.79 Å². The first-order valence-electron chi connectivity index (χ1n) is 6.14. The predicted octanol–water partition coefficient (Wildman–Crippen LogP) is 2.98. The van der Waals surface area contributed by atoms with E-state index in [2.05, 4.69) is 5.32 Å². The molecule has 0 aliphatic carbocycles. The number of rotatable bonds is 1. The van der Waals surface area contributed by atoms with E-state index in [1.165, 1.54) is 0 Å². The average molecular weight is 253 g/mol. The summed E-state index contributed by atoms with van der Waals surface area (Å²) in [7, 11) is 5.91. The van der Waals surface area contributed by atoms with Crippen LogP contribution in [0.1, 0.15) is 20.8 Å². The molecule has 2 aromatic carbocycles. The van der Waals surface area contributed by atoms with E-state index in [9.17, 15) is 4.79 Å². The van der Waals surface area contributed by atoms with Crippen LogP contribution in [0.2, 0.25) is 0 Å². The number of carbonyl (C=O) groups is 1. The van der Waals surface area contributed by atoms with E-state index >= 15 is 0 Å². The largest absolute Gasteiger partial charge is 0.444 e. The second-order valence-corrected chi connectivity index (χ2v) is 5.37. The molecule has 0 fully saturated rings. The fourth-order valence-corrected chi connectivity index (χ4v) is 1.84. The van der Waals surface area contributed by atoms with Crippen LogP contribution in [0.15, 0.2) is 36.4 Å². The zero-order valence-corrected chi connectivity index (χ0v) is 11.4. The number of ether oxygens (including phenoxy) is 1. The van der Waals surface area contributed by atoms with Crippen molar-refractivity contribution in [1.29, 1.82) is 0 Å².